The van der Waals surface area contributed by atoms with Gasteiger partial charge in [0, 0.05) is 15.5 Å². The molecule has 3 rings (SSSR count). The van der Waals surface area contributed by atoms with E-state index in [1.54, 1.807) is 11.3 Å². The molecule has 0 saturated heterocycles. The second-order valence-corrected chi connectivity index (χ2v) is 4.99. The highest BCUT2D eigenvalue weighted by atomic mass is 32.1. The van der Waals surface area contributed by atoms with Gasteiger partial charge in [0.05, 0.1) is 5.69 Å². The summed E-state index contributed by atoms with van der Waals surface area (Å²) < 4.78 is 25.8. The Labute approximate surface area is 114 Å². The second-order valence-electron chi connectivity index (χ2n) is 4.08. The first kappa shape index (κ1) is 13.5. The fourth-order valence-corrected chi connectivity index (χ4v) is 2.46. The van der Waals surface area contributed by atoms with Crippen LogP contribution in [-0.4, -0.2) is 0 Å². The lowest BCUT2D eigenvalue weighted by Gasteiger charge is -1.92. The van der Waals surface area contributed by atoms with Crippen molar-refractivity contribution in [2.45, 2.75) is 6.92 Å². The maximum absolute atomic E-state index is 12.3. The minimum atomic E-state index is -0.395. The number of halogens is 2. The van der Waals surface area contributed by atoms with Crippen molar-refractivity contribution in [1.82, 2.24) is 0 Å². The third-order valence-corrected chi connectivity index (χ3v) is 3.61. The Balaban J connectivity index is 0.000000141. The molecular formula is C15H13F2NS. The summed E-state index contributed by atoms with van der Waals surface area (Å²) in [7, 11) is 0. The van der Waals surface area contributed by atoms with Crippen molar-refractivity contribution in [1.29, 1.82) is 0 Å². The van der Waals surface area contributed by atoms with Gasteiger partial charge in [-0.1, -0.05) is 18.2 Å². The number of hydrogen-bond donors (Lipinski definition) is 1. The first-order valence-electron chi connectivity index (χ1n) is 5.71. The lowest BCUT2D eigenvalue weighted by molar-refractivity contribution is 0.592. The Morgan fingerprint density at radius 2 is 1.79 bits per heavy atom. The average Bonchev–Trinajstić information content (AvgIpc) is 2.78. The van der Waals surface area contributed by atoms with E-state index in [4.69, 9.17) is 5.73 Å². The molecule has 0 amide bonds. The van der Waals surface area contributed by atoms with E-state index >= 15 is 0 Å². The van der Waals surface area contributed by atoms with Gasteiger partial charge in [-0.15, -0.1) is 11.3 Å². The van der Waals surface area contributed by atoms with Crippen LogP contribution in [0.4, 0.5) is 14.5 Å². The van der Waals surface area contributed by atoms with Crippen LogP contribution in [0.1, 0.15) is 5.56 Å². The molecule has 0 spiro atoms. The molecule has 0 aliphatic rings. The van der Waals surface area contributed by atoms with Crippen LogP contribution in [0.15, 0.2) is 47.8 Å². The molecule has 0 unspecified atom stereocenters. The third kappa shape index (κ3) is 3.29. The fraction of sp³-hybridized carbons (Fsp3) is 0.0667. The van der Waals surface area contributed by atoms with E-state index in [1.807, 2.05) is 23.6 Å². The van der Waals surface area contributed by atoms with Crippen LogP contribution in [-0.2, 0) is 0 Å². The number of anilines is 1. The van der Waals surface area contributed by atoms with Gasteiger partial charge in [0.1, 0.15) is 11.6 Å². The van der Waals surface area contributed by atoms with Gasteiger partial charge in [0.2, 0.25) is 0 Å². The van der Waals surface area contributed by atoms with Crippen molar-refractivity contribution in [2.75, 3.05) is 5.73 Å². The van der Waals surface area contributed by atoms with Crippen LogP contribution in [0.2, 0.25) is 0 Å². The van der Waals surface area contributed by atoms with Gasteiger partial charge in [-0.2, -0.15) is 0 Å². The molecule has 2 N–H and O–H groups in total. The number of rotatable bonds is 0. The summed E-state index contributed by atoms with van der Waals surface area (Å²) in [6, 6.07) is 11.5. The van der Waals surface area contributed by atoms with Crippen LogP contribution >= 0.6 is 11.3 Å². The molecule has 0 saturated carbocycles. The summed E-state index contributed by atoms with van der Waals surface area (Å²) in [6.45, 7) is 1.53. The molecule has 1 heterocycles. The molecule has 98 valence electrons. The Bertz CT molecular complexity index is 691. The number of nitrogens with two attached hydrogens (primary N) is 1. The molecule has 0 radical (unpaired) electrons. The molecule has 4 heteroatoms. The minimum absolute atomic E-state index is 0.343. The Morgan fingerprint density at radius 3 is 2.42 bits per heavy atom. The van der Waals surface area contributed by atoms with Crippen LogP contribution in [0.3, 0.4) is 0 Å². The molecule has 3 aromatic rings. The number of thiophene rings is 1. The summed E-state index contributed by atoms with van der Waals surface area (Å²) in [6.07, 6.45) is 0. The van der Waals surface area contributed by atoms with E-state index in [0.29, 0.717) is 5.56 Å². The Hall–Kier alpha value is -1.94. The molecule has 2 aromatic carbocycles. The lowest BCUT2D eigenvalue weighted by Crippen LogP contribution is -1.81. The number of nitrogen functional groups attached to an aromatic ring is 1. The summed E-state index contributed by atoms with van der Waals surface area (Å²) in [5.41, 5.74) is 6.92. The Morgan fingerprint density at radius 1 is 1.05 bits per heavy atom. The molecule has 1 aromatic heterocycles. The smallest absolute Gasteiger partial charge is 0.126 e. The van der Waals surface area contributed by atoms with E-state index in [1.165, 1.54) is 17.0 Å². The van der Waals surface area contributed by atoms with Crippen molar-refractivity contribution >= 4 is 27.1 Å². The summed E-state index contributed by atoms with van der Waals surface area (Å²) in [5, 5.41) is 3.15. The Kier molecular flexibility index (Phi) is 4.12. The van der Waals surface area contributed by atoms with E-state index in [2.05, 4.69) is 6.07 Å². The third-order valence-electron chi connectivity index (χ3n) is 2.63. The highest BCUT2D eigenvalue weighted by Gasteiger charge is 1.96. The molecule has 0 atom stereocenters. The van der Waals surface area contributed by atoms with Gasteiger partial charge < -0.3 is 5.73 Å². The van der Waals surface area contributed by atoms with Gasteiger partial charge >= 0.3 is 0 Å². The van der Waals surface area contributed by atoms with Gasteiger partial charge in [0.25, 0.3) is 0 Å². The highest BCUT2D eigenvalue weighted by Crippen LogP contribution is 2.26. The number of fused-ring (bicyclic) bond motifs is 1. The van der Waals surface area contributed by atoms with Crippen LogP contribution in [0.5, 0.6) is 0 Å². The van der Waals surface area contributed by atoms with Crippen LogP contribution in [0.25, 0.3) is 10.1 Å². The summed E-state index contributed by atoms with van der Waals surface area (Å²) in [5.74, 6) is -0.759. The molecule has 19 heavy (non-hydrogen) atoms. The number of hydrogen-bond acceptors (Lipinski definition) is 2. The van der Waals surface area contributed by atoms with E-state index in [0.717, 1.165) is 23.9 Å². The van der Waals surface area contributed by atoms with Crippen LogP contribution in [0, 0.1) is 18.6 Å². The molecule has 0 fully saturated rings. The normalized spacial score (nSPS) is 10.1. The van der Waals surface area contributed by atoms with Crippen molar-refractivity contribution in [3.05, 3.63) is 65.0 Å². The lowest BCUT2D eigenvalue weighted by atomic mass is 10.2. The monoisotopic (exact) mass is 277 g/mol. The van der Waals surface area contributed by atoms with Crippen molar-refractivity contribution in [2.24, 2.45) is 0 Å². The molecular weight excluding hydrogens is 264 g/mol. The van der Waals surface area contributed by atoms with E-state index in [9.17, 15) is 8.78 Å². The van der Waals surface area contributed by atoms with Gasteiger partial charge in [-0.05, 0) is 36.8 Å². The molecule has 0 bridgehead atoms. The van der Waals surface area contributed by atoms with Crippen molar-refractivity contribution in [3.8, 4) is 0 Å². The first-order chi connectivity index (χ1) is 9.08. The summed E-state index contributed by atoms with van der Waals surface area (Å²) >= 11 is 1.69. The van der Waals surface area contributed by atoms with E-state index < -0.39 is 5.82 Å². The van der Waals surface area contributed by atoms with Crippen molar-refractivity contribution < 1.29 is 8.78 Å². The van der Waals surface area contributed by atoms with Gasteiger partial charge in [-0.3, -0.25) is 0 Å². The second kappa shape index (κ2) is 5.80. The highest BCUT2D eigenvalue weighted by molar-refractivity contribution is 7.17. The SMILES string of the molecule is Cc1cc(F)ccc1F.Nc1csc2ccccc12. The van der Waals surface area contributed by atoms with E-state index in [-0.39, 0.29) is 5.82 Å². The maximum Gasteiger partial charge on any atom is 0.126 e. The van der Waals surface area contributed by atoms with Crippen LogP contribution < -0.4 is 5.73 Å². The zero-order valence-corrected chi connectivity index (χ0v) is 11.2. The zero-order chi connectivity index (χ0) is 13.8. The number of benzene rings is 2. The molecule has 0 aliphatic heterocycles. The quantitative estimate of drug-likeness (QED) is 0.630. The standard InChI is InChI=1S/C8H7NS.C7H6F2/c9-7-5-10-8-4-2-1-3-6(7)8;1-5-4-6(8)2-3-7(5)9/h1-5H,9H2;2-4H,1H3. The van der Waals surface area contributed by atoms with Crippen molar-refractivity contribution in [3.63, 3.8) is 0 Å². The molecule has 0 aliphatic carbocycles. The zero-order valence-electron chi connectivity index (χ0n) is 10.4. The fourth-order valence-electron chi connectivity index (χ4n) is 1.61. The predicted molar refractivity (Wildman–Crippen MR) is 77.3 cm³/mol. The number of aryl methyl sites for hydroxylation is 1. The maximum atomic E-state index is 12.3. The van der Waals surface area contributed by atoms with Gasteiger partial charge in [-0.25, -0.2) is 8.78 Å². The topological polar surface area (TPSA) is 26.0 Å². The first-order valence-corrected chi connectivity index (χ1v) is 6.59. The largest absolute Gasteiger partial charge is 0.398 e. The average molecular weight is 277 g/mol. The minimum Gasteiger partial charge on any atom is -0.398 e. The molecule has 1 nitrogen and oxygen atoms in total. The van der Waals surface area contributed by atoms with Gasteiger partial charge in [0.15, 0.2) is 0 Å². The summed E-state index contributed by atoms with van der Waals surface area (Å²) in [4.78, 5) is 0. The predicted octanol–water partition coefficient (Wildman–Crippen LogP) is 4.76.